The summed E-state index contributed by atoms with van der Waals surface area (Å²) in [4.78, 5) is 33.6. The lowest BCUT2D eigenvalue weighted by Gasteiger charge is -2.39. The van der Waals surface area contributed by atoms with Crippen LogP contribution in [0.15, 0.2) is 0 Å². The summed E-state index contributed by atoms with van der Waals surface area (Å²) in [5.41, 5.74) is -1.39. The molecule has 2 atom stereocenters. The maximum absolute atomic E-state index is 11.9. The van der Waals surface area contributed by atoms with Crippen LogP contribution >= 0.6 is 0 Å². The minimum Gasteiger partial charge on any atom is -0.550 e. The van der Waals surface area contributed by atoms with E-state index in [1.807, 2.05) is 6.92 Å². The van der Waals surface area contributed by atoms with Crippen LogP contribution in [0.3, 0.4) is 0 Å². The molecule has 122 valence electrons. The number of hydrogen-bond donors (Lipinski definition) is 0. The summed E-state index contributed by atoms with van der Waals surface area (Å²) < 4.78 is 0. The molecular weight excluding hydrogens is 272 g/mol. The third kappa shape index (κ3) is 5.48. The van der Waals surface area contributed by atoms with E-state index in [1.54, 1.807) is 6.92 Å². The maximum Gasteiger partial charge on any atom is 0.141 e. The van der Waals surface area contributed by atoms with Crippen LogP contribution in [0.1, 0.15) is 72.1 Å². The minimum absolute atomic E-state index is 0.0581. The summed E-state index contributed by atoms with van der Waals surface area (Å²) in [5.74, 6) is -2.89. The Kier molecular flexibility index (Phi) is 8.90. The molecule has 0 bridgehead atoms. The fraction of sp³-hybridized carbons (Fsp3) is 0.812. The van der Waals surface area contributed by atoms with Crippen molar-refractivity contribution in [1.29, 1.82) is 0 Å². The molecule has 0 saturated heterocycles. The highest BCUT2D eigenvalue weighted by Crippen LogP contribution is 2.38. The molecule has 0 aliphatic rings. The molecule has 0 radical (unpaired) electrons. The Bertz CT molecular complexity index is 348. The van der Waals surface area contributed by atoms with Crippen molar-refractivity contribution in [2.75, 3.05) is 0 Å². The SMILES string of the molecule is CCC(CCCCCCC(=O)[O-])C(CC)(C(C)=O)C(=O)[O-]. The number of rotatable bonds is 12. The lowest BCUT2D eigenvalue weighted by atomic mass is 9.67. The van der Waals surface area contributed by atoms with Crippen LogP contribution in [0.2, 0.25) is 0 Å². The van der Waals surface area contributed by atoms with Gasteiger partial charge in [0.1, 0.15) is 5.78 Å². The Hall–Kier alpha value is -1.39. The molecule has 0 heterocycles. The van der Waals surface area contributed by atoms with Gasteiger partial charge in [-0.3, -0.25) is 4.79 Å². The number of Topliss-reactive ketones (excluding diaryl/α,β-unsaturated/α-hetero) is 1. The van der Waals surface area contributed by atoms with E-state index >= 15 is 0 Å². The van der Waals surface area contributed by atoms with E-state index in [0.29, 0.717) is 19.3 Å². The first-order valence-electron chi connectivity index (χ1n) is 7.75. The van der Waals surface area contributed by atoms with E-state index in [1.165, 1.54) is 6.92 Å². The first-order valence-corrected chi connectivity index (χ1v) is 7.75. The highest BCUT2D eigenvalue weighted by molar-refractivity contribution is 6.01. The van der Waals surface area contributed by atoms with Gasteiger partial charge >= 0.3 is 0 Å². The van der Waals surface area contributed by atoms with Crippen molar-refractivity contribution < 1.29 is 24.6 Å². The second-order valence-electron chi connectivity index (χ2n) is 5.60. The summed E-state index contributed by atoms with van der Waals surface area (Å²) in [5, 5.41) is 21.8. The Balaban J connectivity index is 4.50. The lowest BCUT2D eigenvalue weighted by Crippen LogP contribution is -2.51. The molecule has 0 aromatic heterocycles. The third-order valence-electron chi connectivity index (χ3n) is 4.42. The second-order valence-corrected chi connectivity index (χ2v) is 5.60. The van der Waals surface area contributed by atoms with Crippen LogP contribution in [0.25, 0.3) is 0 Å². The molecule has 0 aliphatic heterocycles. The molecule has 21 heavy (non-hydrogen) atoms. The highest BCUT2D eigenvalue weighted by Gasteiger charge is 2.41. The number of carbonyl (C=O) groups excluding carboxylic acids is 3. The van der Waals surface area contributed by atoms with E-state index in [9.17, 15) is 24.6 Å². The highest BCUT2D eigenvalue weighted by atomic mass is 16.4. The molecule has 0 aromatic rings. The fourth-order valence-corrected chi connectivity index (χ4v) is 3.09. The van der Waals surface area contributed by atoms with Crippen LogP contribution in [0, 0.1) is 11.3 Å². The molecular formula is C16H26O5-2. The van der Waals surface area contributed by atoms with Crippen LogP contribution < -0.4 is 10.2 Å². The van der Waals surface area contributed by atoms with Gasteiger partial charge in [-0.15, -0.1) is 0 Å². The monoisotopic (exact) mass is 298 g/mol. The third-order valence-corrected chi connectivity index (χ3v) is 4.42. The molecule has 0 fully saturated rings. The van der Waals surface area contributed by atoms with Gasteiger partial charge in [-0.05, 0) is 38.5 Å². The first-order chi connectivity index (χ1) is 9.82. The van der Waals surface area contributed by atoms with E-state index in [-0.39, 0.29) is 24.5 Å². The number of carboxylic acids is 2. The zero-order valence-electron chi connectivity index (χ0n) is 13.3. The Labute approximate surface area is 126 Å². The molecule has 0 rings (SSSR count). The van der Waals surface area contributed by atoms with Gasteiger partial charge in [0, 0.05) is 5.97 Å². The number of aliphatic carboxylic acids is 2. The number of ketones is 1. The van der Waals surface area contributed by atoms with Gasteiger partial charge in [-0.1, -0.05) is 39.5 Å². The van der Waals surface area contributed by atoms with Gasteiger partial charge in [-0.25, -0.2) is 0 Å². The van der Waals surface area contributed by atoms with E-state index in [4.69, 9.17) is 0 Å². The summed E-state index contributed by atoms with van der Waals surface area (Å²) >= 11 is 0. The molecule has 0 aliphatic carbocycles. The van der Waals surface area contributed by atoms with Crippen molar-refractivity contribution in [3.8, 4) is 0 Å². The van der Waals surface area contributed by atoms with Gasteiger partial charge in [0.25, 0.3) is 0 Å². The lowest BCUT2D eigenvalue weighted by molar-refractivity contribution is -0.320. The van der Waals surface area contributed by atoms with Crippen LogP contribution in [0.5, 0.6) is 0 Å². The van der Waals surface area contributed by atoms with Crippen molar-refractivity contribution in [1.82, 2.24) is 0 Å². The quantitative estimate of drug-likeness (QED) is 0.393. The number of carboxylic acid groups (broad SMARTS) is 2. The predicted octanol–water partition coefficient (Wildman–Crippen LogP) is 0.838. The molecule has 2 unspecified atom stereocenters. The summed E-state index contributed by atoms with van der Waals surface area (Å²) in [6.07, 6.45) is 4.52. The van der Waals surface area contributed by atoms with Crippen molar-refractivity contribution in [3.63, 3.8) is 0 Å². The number of carbonyl (C=O) groups is 3. The average molecular weight is 298 g/mol. The smallest absolute Gasteiger partial charge is 0.141 e. The number of hydrogen-bond acceptors (Lipinski definition) is 5. The molecule has 0 amide bonds. The van der Waals surface area contributed by atoms with Crippen LogP contribution in [-0.2, 0) is 14.4 Å². The van der Waals surface area contributed by atoms with Crippen molar-refractivity contribution in [3.05, 3.63) is 0 Å². The van der Waals surface area contributed by atoms with Crippen molar-refractivity contribution in [2.45, 2.75) is 72.1 Å². The van der Waals surface area contributed by atoms with E-state index in [2.05, 4.69) is 0 Å². The van der Waals surface area contributed by atoms with E-state index in [0.717, 1.165) is 19.3 Å². The molecule has 0 spiro atoms. The molecule has 0 N–H and O–H groups in total. The molecule has 0 aromatic carbocycles. The van der Waals surface area contributed by atoms with Gasteiger partial charge < -0.3 is 19.8 Å². The van der Waals surface area contributed by atoms with Crippen molar-refractivity contribution in [2.24, 2.45) is 11.3 Å². The van der Waals surface area contributed by atoms with Crippen molar-refractivity contribution >= 4 is 17.7 Å². The van der Waals surface area contributed by atoms with Crippen LogP contribution in [0.4, 0.5) is 0 Å². The normalized spacial score (nSPS) is 15.2. The standard InChI is InChI=1S/C16H28O5/c1-4-13(10-8-6-7-9-11-14(18)19)16(5-2,12(3)17)15(20)21/h13H,4-11H2,1-3H3,(H,18,19)(H,20,21)/p-2. The Morgan fingerprint density at radius 2 is 1.57 bits per heavy atom. The fourth-order valence-electron chi connectivity index (χ4n) is 3.09. The topological polar surface area (TPSA) is 97.3 Å². The first kappa shape index (κ1) is 19.6. The molecule has 0 saturated carbocycles. The zero-order chi connectivity index (χ0) is 16.5. The zero-order valence-corrected chi connectivity index (χ0v) is 13.3. The van der Waals surface area contributed by atoms with Gasteiger partial charge in [-0.2, -0.15) is 0 Å². The second kappa shape index (κ2) is 9.53. The van der Waals surface area contributed by atoms with E-state index < -0.39 is 17.4 Å². The average Bonchev–Trinajstić information content (AvgIpc) is 2.40. The predicted molar refractivity (Wildman–Crippen MR) is 74.9 cm³/mol. The van der Waals surface area contributed by atoms with Crippen LogP contribution in [-0.4, -0.2) is 17.7 Å². The minimum atomic E-state index is -1.39. The Morgan fingerprint density at radius 1 is 1.00 bits per heavy atom. The summed E-state index contributed by atoms with van der Waals surface area (Å²) in [7, 11) is 0. The maximum atomic E-state index is 11.9. The van der Waals surface area contributed by atoms with Gasteiger partial charge in [0.05, 0.1) is 11.4 Å². The summed E-state index contributed by atoms with van der Waals surface area (Å²) in [6, 6.07) is 0. The number of unbranched alkanes of at least 4 members (excludes halogenated alkanes) is 3. The van der Waals surface area contributed by atoms with Gasteiger partial charge in [0.15, 0.2) is 0 Å². The molecule has 5 heteroatoms. The largest absolute Gasteiger partial charge is 0.550 e. The molecule has 5 nitrogen and oxygen atoms in total. The van der Waals surface area contributed by atoms with Gasteiger partial charge in [0.2, 0.25) is 0 Å². The summed E-state index contributed by atoms with van der Waals surface area (Å²) in [6.45, 7) is 4.92. The Morgan fingerprint density at radius 3 is 1.95 bits per heavy atom.